The van der Waals surface area contributed by atoms with Crippen LogP contribution in [0, 0.1) is 27.7 Å². The molecule has 1 aliphatic rings. The van der Waals surface area contributed by atoms with Crippen LogP contribution in [0.4, 0.5) is 17.1 Å². The highest BCUT2D eigenvalue weighted by molar-refractivity contribution is 6.46. The second kappa shape index (κ2) is 9.79. The van der Waals surface area contributed by atoms with Crippen LogP contribution in [0.1, 0.15) is 41.7 Å². The molecule has 1 heterocycles. The SMILES string of the molecule is CCN(CC)c1ccc(NC2=C(c3ccc(C)c(C)c3)C(=O)N(c3ccc(C)cc3C)C2=O)cc1. The fourth-order valence-electron chi connectivity index (χ4n) is 4.57. The van der Waals surface area contributed by atoms with Gasteiger partial charge in [0.15, 0.2) is 0 Å². The van der Waals surface area contributed by atoms with Gasteiger partial charge in [0.2, 0.25) is 0 Å². The average Bonchev–Trinajstić information content (AvgIpc) is 3.07. The van der Waals surface area contributed by atoms with Crippen LogP contribution in [-0.4, -0.2) is 24.9 Å². The number of rotatable bonds is 7. The predicted molar refractivity (Wildman–Crippen MR) is 145 cm³/mol. The smallest absolute Gasteiger partial charge is 0.282 e. The summed E-state index contributed by atoms with van der Waals surface area (Å²) in [5, 5.41) is 3.29. The van der Waals surface area contributed by atoms with Crippen molar-refractivity contribution in [1.82, 2.24) is 0 Å². The van der Waals surface area contributed by atoms with E-state index >= 15 is 0 Å². The van der Waals surface area contributed by atoms with Gasteiger partial charge in [-0.15, -0.1) is 0 Å². The van der Waals surface area contributed by atoms with Gasteiger partial charge in [0, 0.05) is 24.5 Å². The molecule has 180 valence electrons. The maximum atomic E-state index is 13.8. The van der Waals surface area contributed by atoms with Crippen molar-refractivity contribution < 1.29 is 9.59 Å². The molecule has 5 nitrogen and oxygen atoms in total. The molecule has 35 heavy (non-hydrogen) atoms. The lowest BCUT2D eigenvalue weighted by Gasteiger charge is -2.21. The Labute approximate surface area is 208 Å². The summed E-state index contributed by atoms with van der Waals surface area (Å²) in [5.41, 5.74) is 8.11. The molecular weight excluding hydrogens is 434 g/mol. The highest BCUT2D eigenvalue weighted by Crippen LogP contribution is 2.36. The van der Waals surface area contributed by atoms with Gasteiger partial charge in [0.25, 0.3) is 11.8 Å². The van der Waals surface area contributed by atoms with Gasteiger partial charge in [-0.1, -0.05) is 35.9 Å². The van der Waals surface area contributed by atoms with Gasteiger partial charge in [0.05, 0.1) is 11.3 Å². The number of aryl methyl sites for hydroxylation is 4. The van der Waals surface area contributed by atoms with Crippen molar-refractivity contribution in [1.29, 1.82) is 0 Å². The van der Waals surface area contributed by atoms with Crippen LogP contribution in [-0.2, 0) is 9.59 Å². The molecule has 1 N–H and O–H groups in total. The summed E-state index contributed by atoms with van der Waals surface area (Å²) >= 11 is 0. The van der Waals surface area contributed by atoms with Gasteiger partial charge >= 0.3 is 0 Å². The summed E-state index contributed by atoms with van der Waals surface area (Å²) in [6, 6.07) is 19.6. The minimum atomic E-state index is -0.344. The number of hydrogen-bond acceptors (Lipinski definition) is 4. The first-order valence-corrected chi connectivity index (χ1v) is 12.1. The monoisotopic (exact) mass is 467 g/mol. The van der Waals surface area contributed by atoms with Crippen LogP contribution in [0.15, 0.2) is 66.4 Å². The Kier molecular flexibility index (Phi) is 6.79. The van der Waals surface area contributed by atoms with Crippen molar-refractivity contribution in [2.24, 2.45) is 0 Å². The van der Waals surface area contributed by atoms with Crippen LogP contribution >= 0.6 is 0 Å². The van der Waals surface area contributed by atoms with Gasteiger partial charge in [-0.3, -0.25) is 9.59 Å². The number of carbonyl (C=O) groups is 2. The second-order valence-electron chi connectivity index (χ2n) is 9.13. The summed E-state index contributed by atoms with van der Waals surface area (Å²) in [6.07, 6.45) is 0. The van der Waals surface area contributed by atoms with Crippen LogP contribution in [0.25, 0.3) is 5.57 Å². The maximum absolute atomic E-state index is 13.8. The maximum Gasteiger partial charge on any atom is 0.282 e. The van der Waals surface area contributed by atoms with Crippen molar-refractivity contribution >= 4 is 34.4 Å². The molecule has 0 spiro atoms. The van der Waals surface area contributed by atoms with E-state index in [0.29, 0.717) is 17.0 Å². The molecule has 2 amide bonds. The molecule has 0 saturated carbocycles. The first-order chi connectivity index (χ1) is 16.7. The van der Waals surface area contributed by atoms with E-state index in [9.17, 15) is 9.59 Å². The number of anilines is 3. The molecule has 3 aromatic carbocycles. The quantitative estimate of drug-likeness (QED) is 0.423. The molecule has 1 aliphatic heterocycles. The fourth-order valence-corrected chi connectivity index (χ4v) is 4.57. The second-order valence-corrected chi connectivity index (χ2v) is 9.13. The Balaban J connectivity index is 1.79. The van der Waals surface area contributed by atoms with E-state index in [4.69, 9.17) is 0 Å². The third-order valence-electron chi connectivity index (χ3n) is 6.74. The van der Waals surface area contributed by atoms with Crippen molar-refractivity contribution in [3.05, 3.63) is 94.2 Å². The largest absolute Gasteiger partial charge is 0.372 e. The van der Waals surface area contributed by atoms with Crippen molar-refractivity contribution in [3.8, 4) is 0 Å². The average molecular weight is 468 g/mol. The van der Waals surface area contributed by atoms with E-state index in [1.54, 1.807) is 0 Å². The molecule has 0 bridgehead atoms. The van der Waals surface area contributed by atoms with Crippen LogP contribution in [0.3, 0.4) is 0 Å². The number of hydrogen-bond donors (Lipinski definition) is 1. The van der Waals surface area contributed by atoms with Gasteiger partial charge in [0.1, 0.15) is 5.70 Å². The van der Waals surface area contributed by atoms with Crippen LogP contribution < -0.4 is 15.1 Å². The Morgan fingerprint density at radius 3 is 2.03 bits per heavy atom. The molecule has 0 atom stereocenters. The zero-order valence-electron chi connectivity index (χ0n) is 21.4. The van der Waals surface area contributed by atoms with Crippen molar-refractivity contribution in [2.45, 2.75) is 41.5 Å². The van der Waals surface area contributed by atoms with Gasteiger partial charge in [-0.25, -0.2) is 4.90 Å². The third-order valence-corrected chi connectivity index (χ3v) is 6.74. The zero-order chi connectivity index (χ0) is 25.3. The summed E-state index contributed by atoms with van der Waals surface area (Å²) in [5.74, 6) is -0.657. The number of carbonyl (C=O) groups excluding carboxylic acids is 2. The summed E-state index contributed by atoms with van der Waals surface area (Å²) in [4.78, 5) is 31.1. The zero-order valence-corrected chi connectivity index (χ0v) is 21.4. The van der Waals surface area contributed by atoms with E-state index in [2.05, 4.69) is 24.1 Å². The first kappa shape index (κ1) is 24.3. The molecule has 3 aromatic rings. The minimum absolute atomic E-state index is 0.300. The third kappa shape index (κ3) is 4.59. The van der Waals surface area contributed by atoms with Crippen molar-refractivity contribution in [2.75, 3.05) is 28.2 Å². The van der Waals surface area contributed by atoms with Crippen LogP contribution in [0.5, 0.6) is 0 Å². The molecule has 0 aliphatic carbocycles. The van der Waals surface area contributed by atoms with E-state index in [1.165, 1.54) is 4.90 Å². The molecule has 0 aromatic heterocycles. The van der Waals surface area contributed by atoms with Crippen molar-refractivity contribution in [3.63, 3.8) is 0 Å². The van der Waals surface area contributed by atoms with E-state index in [-0.39, 0.29) is 11.8 Å². The Bertz CT molecular complexity index is 1320. The molecule has 0 fully saturated rings. The van der Waals surface area contributed by atoms with E-state index in [0.717, 1.165) is 52.3 Å². The lowest BCUT2D eigenvalue weighted by Crippen LogP contribution is -2.33. The molecule has 5 heteroatoms. The molecular formula is C30H33N3O2. The highest BCUT2D eigenvalue weighted by atomic mass is 16.2. The topological polar surface area (TPSA) is 52.7 Å². The Morgan fingerprint density at radius 1 is 0.743 bits per heavy atom. The molecule has 4 rings (SSSR count). The number of benzene rings is 3. The minimum Gasteiger partial charge on any atom is -0.372 e. The predicted octanol–water partition coefficient (Wildman–Crippen LogP) is 6.16. The molecule has 0 unspecified atom stereocenters. The first-order valence-electron chi connectivity index (χ1n) is 12.1. The van der Waals surface area contributed by atoms with Gasteiger partial charge in [-0.2, -0.15) is 0 Å². The lowest BCUT2D eigenvalue weighted by atomic mass is 9.99. The number of nitrogens with one attached hydrogen (secondary N) is 1. The standard InChI is InChI=1S/C30H33N3O2/c1-7-32(8-2)25-14-12-24(13-15-25)31-28-27(23-11-10-20(4)21(5)18-23)29(34)33(30(28)35)26-16-9-19(3)17-22(26)6/h9-18,31H,7-8H2,1-6H3. The van der Waals surface area contributed by atoms with E-state index in [1.807, 2.05) is 88.4 Å². The van der Waals surface area contributed by atoms with Gasteiger partial charge < -0.3 is 10.2 Å². The number of imide groups is 1. The summed E-state index contributed by atoms with van der Waals surface area (Å²) in [6.45, 7) is 14.1. The van der Waals surface area contributed by atoms with Gasteiger partial charge in [-0.05, 0) is 94.1 Å². The number of nitrogens with zero attached hydrogens (tertiary/aromatic N) is 2. The lowest BCUT2D eigenvalue weighted by molar-refractivity contribution is -0.120. The van der Waals surface area contributed by atoms with Crippen LogP contribution in [0.2, 0.25) is 0 Å². The fraction of sp³-hybridized carbons (Fsp3) is 0.267. The number of amides is 2. The highest BCUT2D eigenvalue weighted by Gasteiger charge is 2.40. The summed E-state index contributed by atoms with van der Waals surface area (Å²) in [7, 11) is 0. The molecule has 0 saturated heterocycles. The Morgan fingerprint density at radius 2 is 1.43 bits per heavy atom. The summed E-state index contributed by atoms with van der Waals surface area (Å²) < 4.78 is 0. The van der Waals surface area contributed by atoms with E-state index < -0.39 is 0 Å². The Hall–Kier alpha value is -3.86. The normalized spacial score (nSPS) is 13.6. The molecule has 0 radical (unpaired) electrons.